The Kier molecular flexibility index (Phi) is 7.59. The third-order valence-corrected chi connectivity index (χ3v) is 3.76. The van der Waals surface area contributed by atoms with E-state index in [0.717, 1.165) is 12.8 Å². The number of rotatable bonds is 5. The van der Waals surface area contributed by atoms with Gasteiger partial charge in [0.15, 0.2) is 0 Å². The van der Waals surface area contributed by atoms with Crippen LogP contribution in [0.4, 0.5) is 4.79 Å². The van der Waals surface area contributed by atoms with E-state index in [1.807, 2.05) is 20.9 Å². The molecule has 0 radical (unpaired) electrons. The quantitative estimate of drug-likeness (QED) is 0.760. The fourth-order valence-corrected chi connectivity index (χ4v) is 2.56. The molecule has 0 aromatic heterocycles. The average Bonchev–Trinajstić information content (AvgIpc) is 2.64. The number of carbonyl (C=O) groups excluding carboxylic acids is 2. The zero-order valence-electron chi connectivity index (χ0n) is 13.1. The van der Waals surface area contributed by atoms with Gasteiger partial charge in [-0.05, 0) is 25.8 Å². The van der Waals surface area contributed by atoms with Gasteiger partial charge in [0.05, 0.1) is 6.54 Å². The van der Waals surface area contributed by atoms with Crippen molar-refractivity contribution in [2.75, 3.05) is 20.1 Å². The first-order valence-corrected chi connectivity index (χ1v) is 7.77. The Morgan fingerprint density at radius 1 is 1.15 bits per heavy atom. The van der Waals surface area contributed by atoms with Crippen LogP contribution < -0.4 is 10.6 Å². The van der Waals surface area contributed by atoms with E-state index in [9.17, 15) is 9.59 Å². The molecule has 0 saturated heterocycles. The minimum absolute atomic E-state index is 0.224. The Balaban J connectivity index is 2.27. The lowest BCUT2D eigenvalue weighted by Crippen LogP contribution is -2.46. The Morgan fingerprint density at radius 2 is 1.75 bits per heavy atom. The molecule has 0 unspecified atom stereocenters. The lowest BCUT2D eigenvalue weighted by molar-refractivity contribution is -0.121. The molecule has 2 N–H and O–H groups in total. The zero-order valence-corrected chi connectivity index (χ0v) is 13.1. The fourth-order valence-electron chi connectivity index (χ4n) is 2.56. The van der Waals surface area contributed by atoms with E-state index in [1.54, 1.807) is 0 Å². The maximum absolute atomic E-state index is 11.8. The van der Waals surface area contributed by atoms with E-state index >= 15 is 0 Å². The molecule has 1 saturated carbocycles. The van der Waals surface area contributed by atoms with Gasteiger partial charge in [-0.2, -0.15) is 0 Å². The number of urea groups is 1. The lowest BCUT2D eigenvalue weighted by Gasteiger charge is -2.26. The largest absolute Gasteiger partial charge is 0.338 e. The lowest BCUT2D eigenvalue weighted by atomic mass is 10.1. The van der Waals surface area contributed by atoms with Crippen LogP contribution in [-0.2, 0) is 4.79 Å². The Hall–Kier alpha value is -1.10. The predicted molar refractivity (Wildman–Crippen MR) is 80.5 cm³/mol. The summed E-state index contributed by atoms with van der Waals surface area (Å²) in [4.78, 5) is 25.4. The molecular formula is C15H29N3O2. The molecule has 0 bridgehead atoms. The van der Waals surface area contributed by atoms with Gasteiger partial charge in [0, 0.05) is 12.6 Å². The Morgan fingerprint density at radius 3 is 2.30 bits per heavy atom. The summed E-state index contributed by atoms with van der Waals surface area (Å²) in [6.07, 6.45) is 7.39. The normalized spacial score (nSPS) is 17.1. The third-order valence-electron chi connectivity index (χ3n) is 3.76. The summed E-state index contributed by atoms with van der Waals surface area (Å²) < 4.78 is 0. The van der Waals surface area contributed by atoms with Crippen LogP contribution in [0.3, 0.4) is 0 Å². The van der Waals surface area contributed by atoms with Crippen molar-refractivity contribution in [3.05, 3.63) is 0 Å². The van der Waals surface area contributed by atoms with Crippen LogP contribution in [0.15, 0.2) is 0 Å². The Labute approximate surface area is 122 Å². The maximum Gasteiger partial charge on any atom is 0.321 e. The summed E-state index contributed by atoms with van der Waals surface area (Å²) in [6, 6.07) is 0.0833. The first-order valence-electron chi connectivity index (χ1n) is 7.77. The van der Waals surface area contributed by atoms with Crippen LogP contribution in [0.5, 0.6) is 0 Å². The molecular weight excluding hydrogens is 254 g/mol. The number of likely N-dealkylation sites (N-methyl/N-ethyl adjacent to an activating group) is 1. The first-order chi connectivity index (χ1) is 9.49. The predicted octanol–water partition coefficient (Wildman–Crippen LogP) is 2.12. The van der Waals surface area contributed by atoms with Crippen LogP contribution in [0, 0.1) is 5.92 Å². The average molecular weight is 283 g/mol. The molecule has 3 amide bonds. The fraction of sp³-hybridized carbons (Fsp3) is 0.867. The minimum atomic E-state index is -0.391. The summed E-state index contributed by atoms with van der Waals surface area (Å²) in [7, 11) is 1.97. The second kappa shape index (κ2) is 8.95. The van der Waals surface area contributed by atoms with E-state index in [-0.39, 0.29) is 5.91 Å². The van der Waals surface area contributed by atoms with E-state index in [1.165, 1.54) is 25.7 Å². The van der Waals surface area contributed by atoms with Crippen LogP contribution in [0.2, 0.25) is 0 Å². The summed E-state index contributed by atoms with van der Waals surface area (Å²) >= 11 is 0. The summed E-state index contributed by atoms with van der Waals surface area (Å²) in [5.74, 6) is 0.155. The van der Waals surface area contributed by atoms with E-state index in [2.05, 4.69) is 15.5 Å². The molecule has 0 heterocycles. The van der Waals surface area contributed by atoms with Crippen LogP contribution >= 0.6 is 0 Å². The van der Waals surface area contributed by atoms with Gasteiger partial charge >= 0.3 is 6.03 Å². The topological polar surface area (TPSA) is 61.4 Å². The van der Waals surface area contributed by atoms with Crippen molar-refractivity contribution in [2.24, 2.45) is 5.92 Å². The molecule has 0 aliphatic heterocycles. The third kappa shape index (κ3) is 6.89. The highest BCUT2D eigenvalue weighted by molar-refractivity contribution is 5.95. The molecule has 5 nitrogen and oxygen atoms in total. The van der Waals surface area contributed by atoms with Crippen LogP contribution in [-0.4, -0.2) is 43.0 Å². The molecule has 1 fully saturated rings. The van der Waals surface area contributed by atoms with Gasteiger partial charge in [-0.15, -0.1) is 0 Å². The highest BCUT2D eigenvalue weighted by Crippen LogP contribution is 2.20. The summed E-state index contributed by atoms with van der Waals surface area (Å²) in [5, 5.41) is 5.08. The number of hydrogen-bond acceptors (Lipinski definition) is 3. The van der Waals surface area contributed by atoms with Crippen molar-refractivity contribution in [2.45, 2.75) is 58.4 Å². The van der Waals surface area contributed by atoms with Crippen molar-refractivity contribution in [1.82, 2.24) is 15.5 Å². The zero-order chi connectivity index (χ0) is 15.0. The smallest absolute Gasteiger partial charge is 0.321 e. The van der Waals surface area contributed by atoms with Gasteiger partial charge in [0.1, 0.15) is 0 Å². The second-order valence-corrected chi connectivity index (χ2v) is 6.21. The first kappa shape index (κ1) is 17.0. The van der Waals surface area contributed by atoms with Crippen molar-refractivity contribution in [3.8, 4) is 0 Å². The molecule has 0 aromatic carbocycles. The molecule has 1 aliphatic rings. The number of amides is 3. The molecule has 1 rings (SSSR count). The molecule has 116 valence electrons. The van der Waals surface area contributed by atoms with E-state index in [4.69, 9.17) is 0 Å². The van der Waals surface area contributed by atoms with Gasteiger partial charge in [-0.1, -0.05) is 39.5 Å². The van der Waals surface area contributed by atoms with Gasteiger partial charge in [-0.25, -0.2) is 4.79 Å². The number of hydrogen-bond donors (Lipinski definition) is 2. The van der Waals surface area contributed by atoms with Crippen molar-refractivity contribution < 1.29 is 9.59 Å². The maximum atomic E-state index is 11.8. The second-order valence-electron chi connectivity index (χ2n) is 6.21. The number of nitrogens with zero attached hydrogens (tertiary/aromatic N) is 1. The van der Waals surface area contributed by atoms with Gasteiger partial charge in [-0.3, -0.25) is 15.0 Å². The SMILES string of the molecule is CC(C)CNC(=O)NC(=O)CN(C)C1CCCCCC1. The van der Waals surface area contributed by atoms with E-state index in [0.29, 0.717) is 25.0 Å². The standard InChI is InChI=1S/C15H29N3O2/c1-12(2)10-16-15(20)17-14(19)11-18(3)13-8-6-4-5-7-9-13/h12-13H,4-11H2,1-3H3,(H2,16,17,19,20). The highest BCUT2D eigenvalue weighted by Gasteiger charge is 2.19. The molecule has 0 atom stereocenters. The van der Waals surface area contributed by atoms with Gasteiger partial charge in [0.25, 0.3) is 0 Å². The molecule has 20 heavy (non-hydrogen) atoms. The molecule has 0 aromatic rings. The van der Waals surface area contributed by atoms with Gasteiger partial charge in [0.2, 0.25) is 5.91 Å². The monoisotopic (exact) mass is 283 g/mol. The number of imide groups is 1. The van der Waals surface area contributed by atoms with Crippen LogP contribution in [0.25, 0.3) is 0 Å². The Bertz CT molecular complexity index is 310. The summed E-state index contributed by atoms with van der Waals surface area (Å²) in [6.45, 7) is 4.90. The van der Waals surface area contributed by atoms with Crippen molar-refractivity contribution >= 4 is 11.9 Å². The minimum Gasteiger partial charge on any atom is -0.338 e. The molecule has 1 aliphatic carbocycles. The number of carbonyl (C=O) groups is 2. The van der Waals surface area contributed by atoms with Crippen LogP contribution in [0.1, 0.15) is 52.4 Å². The number of nitrogens with one attached hydrogen (secondary N) is 2. The van der Waals surface area contributed by atoms with E-state index < -0.39 is 6.03 Å². The van der Waals surface area contributed by atoms with Gasteiger partial charge < -0.3 is 5.32 Å². The summed E-state index contributed by atoms with van der Waals surface area (Å²) in [5.41, 5.74) is 0. The molecule has 0 spiro atoms. The molecule has 5 heteroatoms. The van der Waals surface area contributed by atoms with Crippen molar-refractivity contribution in [1.29, 1.82) is 0 Å². The highest BCUT2D eigenvalue weighted by atomic mass is 16.2. The van der Waals surface area contributed by atoms with Crippen molar-refractivity contribution in [3.63, 3.8) is 0 Å².